The minimum atomic E-state index is -3.14. The van der Waals surface area contributed by atoms with E-state index in [0.29, 0.717) is 12.3 Å². The van der Waals surface area contributed by atoms with Gasteiger partial charge in [-0.3, -0.25) is 0 Å². The van der Waals surface area contributed by atoms with Gasteiger partial charge in [0.2, 0.25) is 10.0 Å². The molecule has 0 aliphatic rings. The van der Waals surface area contributed by atoms with E-state index >= 15 is 0 Å². The Kier molecular flexibility index (Phi) is 6.80. The normalized spacial score (nSPS) is 13.1. The van der Waals surface area contributed by atoms with Crippen LogP contribution in [-0.2, 0) is 10.0 Å². The van der Waals surface area contributed by atoms with E-state index in [2.05, 4.69) is 4.72 Å². The van der Waals surface area contributed by atoms with Crippen LogP contribution >= 0.6 is 11.6 Å². The highest BCUT2D eigenvalue weighted by molar-refractivity contribution is 7.89. The van der Waals surface area contributed by atoms with E-state index in [4.69, 9.17) is 11.6 Å². The van der Waals surface area contributed by atoms with Crippen LogP contribution < -0.4 is 4.72 Å². The van der Waals surface area contributed by atoms with Crippen LogP contribution in [0.2, 0.25) is 0 Å². The molecule has 0 saturated carbocycles. The molecule has 0 aromatic heterocycles. The highest BCUT2D eigenvalue weighted by Gasteiger charge is 2.23. The van der Waals surface area contributed by atoms with Gasteiger partial charge in [0.25, 0.3) is 0 Å². The van der Waals surface area contributed by atoms with E-state index in [1.54, 1.807) is 0 Å². The molecule has 15 heavy (non-hydrogen) atoms. The van der Waals surface area contributed by atoms with Crippen molar-refractivity contribution < 1.29 is 8.42 Å². The summed E-state index contributed by atoms with van der Waals surface area (Å²) in [4.78, 5) is 0. The summed E-state index contributed by atoms with van der Waals surface area (Å²) < 4.78 is 26.0. The lowest BCUT2D eigenvalue weighted by Gasteiger charge is -2.25. The third-order valence-corrected chi connectivity index (χ3v) is 4.06. The van der Waals surface area contributed by atoms with Gasteiger partial charge in [-0.1, -0.05) is 13.3 Å². The highest BCUT2D eigenvalue weighted by atomic mass is 35.5. The Labute approximate surface area is 98.6 Å². The summed E-state index contributed by atoms with van der Waals surface area (Å²) in [5, 5.41) is 0. The monoisotopic (exact) mass is 255 g/mol. The van der Waals surface area contributed by atoms with Crippen molar-refractivity contribution in [1.29, 1.82) is 0 Å². The maximum absolute atomic E-state index is 11.6. The van der Waals surface area contributed by atoms with Crippen LogP contribution in [-0.4, -0.2) is 25.6 Å². The predicted octanol–water partition coefficient (Wildman–Crippen LogP) is 2.50. The number of alkyl halides is 1. The van der Waals surface area contributed by atoms with Gasteiger partial charge in [-0.25, -0.2) is 13.1 Å². The van der Waals surface area contributed by atoms with Crippen molar-refractivity contribution in [3.05, 3.63) is 0 Å². The second-order valence-electron chi connectivity index (χ2n) is 4.45. The number of halogens is 1. The van der Waals surface area contributed by atoms with Crippen LogP contribution in [0.25, 0.3) is 0 Å². The van der Waals surface area contributed by atoms with Crippen molar-refractivity contribution in [1.82, 2.24) is 4.72 Å². The molecule has 92 valence electrons. The van der Waals surface area contributed by atoms with Crippen molar-refractivity contribution in [2.45, 2.75) is 52.0 Å². The highest BCUT2D eigenvalue weighted by Crippen LogP contribution is 2.12. The van der Waals surface area contributed by atoms with Crippen molar-refractivity contribution in [3.8, 4) is 0 Å². The van der Waals surface area contributed by atoms with Gasteiger partial charge in [0.15, 0.2) is 0 Å². The molecule has 0 bridgehead atoms. The lowest BCUT2D eigenvalue weighted by atomic mass is 10.0. The second kappa shape index (κ2) is 6.71. The molecular weight excluding hydrogens is 234 g/mol. The molecule has 0 radical (unpaired) electrons. The van der Waals surface area contributed by atoms with Gasteiger partial charge in [-0.2, -0.15) is 0 Å². The molecule has 0 aromatic carbocycles. The summed E-state index contributed by atoms with van der Waals surface area (Å²) in [6.07, 6.45) is 3.19. The molecule has 0 spiro atoms. The van der Waals surface area contributed by atoms with Gasteiger partial charge in [0, 0.05) is 11.4 Å². The zero-order chi connectivity index (χ0) is 11.9. The average molecular weight is 256 g/mol. The largest absolute Gasteiger partial charge is 0.212 e. The molecule has 5 heteroatoms. The summed E-state index contributed by atoms with van der Waals surface area (Å²) in [6, 6.07) is 0. The van der Waals surface area contributed by atoms with Crippen LogP contribution in [0, 0.1) is 0 Å². The fraction of sp³-hybridized carbons (Fsp3) is 1.00. The minimum absolute atomic E-state index is 0.173. The SMILES string of the molecule is CCCC(C)(C)NS(=O)(=O)CCCCCl. The Hall–Kier alpha value is 0.200. The average Bonchev–Trinajstić information content (AvgIpc) is 2.01. The van der Waals surface area contributed by atoms with Crippen LogP contribution in [0.1, 0.15) is 46.5 Å². The topological polar surface area (TPSA) is 46.2 Å². The van der Waals surface area contributed by atoms with Crippen molar-refractivity contribution in [3.63, 3.8) is 0 Å². The number of hydrogen-bond acceptors (Lipinski definition) is 2. The first-order chi connectivity index (χ1) is 6.83. The molecular formula is C10H22ClNO2S. The van der Waals surface area contributed by atoms with Gasteiger partial charge in [-0.15, -0.1) is 11.6 Å². The number of hydrogen-bond donors (Lipinski definition) is 1. The third kappa shape index (κ3) is 8.05. The van der Waals surface area contributed by atoms with Gasteiger partial charge < -0.3 is 0 Å². The molecule has 0 saturated heterocycles. The molecule has 3 nitrogen and oxygen atoms in total. The number of unbranched alkanes of at least 4 members (excludes halogenated alkanes) is 1. The molecule has 0 aliphatic heterocycles. The summed E-state index contributed by atoms with van der Waals surface area (Å²) >= 11 is 5.50. The van der Waals surface area contributed by atoms with Crippen molar-refractivity contribution >= 4 is 21.6 Å². The van der Waals surface area contributed by atoms with Gasteiger partial charge in [0.05, 0.1) is 5.75 Å². The summed E-state index contributed by atoms with van der Waals surface area (Å²) in [5.41, 5.74) is -0.339. The van der Waals surface area contributed by atoms with E-state index in [1.807, 2.05) is 20.8 Å². The van der Waals surface area contributed by atoms with Crippen molar-refractivity contribution in [2.75, 3.05) is 11.6 Å². The third-order valence-electron chi connectivity index (χ3n) is 2.10. The Morgan fingerprint density at radius 1 is 1.27 bits per heavy atom. The number of nitrogens with one attached hydrogen (secondary N) is 1. The Morgan fingerprint density at radius 2 is 1.87 bits per heavy atom. The molecule has 0 rings (SSSR count). The Morgan fingerprint density at radius 3 is 2.33 bits per heavy atom. The first-order valence-corrected chi connectivity index (χ1v) is 7.59. The van der Waals surface area contributed by atoms with Gasteiger partial charge in [-0.05, 0) is 33.1 Å². The van der Waals surface area contributed by atoms with E-state index in [9.17, 15) is 8.42 Å². The lowest BCUT2D eigenvalue weighted by molar-refractivity contribution is 0.417. The van der Waals surface area contributed by atoms with E-state index in [1.165, 1.54) is 0 Å². The summed E-state index contributed by atoms with van der Waals surface area (Å²) in [6.45, 7) is 5.87. The minimum Gasteiger partial charge on any atom is -0.212 e. The Bertz CT molecular complexity index is 263. The number of sulfonamides is 1. The van der Waals surface area contributed by atoms with Crippen LogP contribution in [0.4, 0.5) is 0 Å². The molecule has 0 aliphatic carbocycles. The Balaban J connectivity index is 4.13. The maximum atomic E-state index is 11.6. The molecule has 0 heterocycles. The number of rotatable bonds is 8. The molecule has 0 unspecified atom stereocenters. The fourth-order valence-electron chi connectivity index (χ4n) is 1.53. The van der Waals surface area contributed by atoms with Crippen LogP contribution in [0.3, 0.4) is 0 Å². The first-order valence-electron chi connectivity index (χ1n) is 5.40. The molecule has 0 amide bonds. The molecule has 0 aromatic rings. The van der Waals surface area contributed by atoms with E-state index in [-0.39, 0.29) is 11.3 Å². The molecule has 1 N–H and O–H groups in total. The van der Waals surface area contributed by atoms with Crippen molar-refractivity contribution in [2.24, 2.45) is 0 Å². The zero-order valence-electron chi connectivity index (χ0n) is 9.85. The second-order valence-corrected chi connectivity index (χ2v) is 6.67. The smallest absolute Gasteiger partial charge is 0.212 e. The predicted molar refractivity (Wildman–Crippen MR) is 65.9 cm³/mol. The zero-order valence-corrected chi connectivity index (χ0v) is 11.4. The van der Waals surface area contributed by atoms with Crippen LogP contribution in [0.15, 0.2) is 0 Å². The lowest BCUT2D eigenvalue weighted by Crippen LogP contribution is -2.44. The quantitative estimate of drug-likeness (QED) is 0.535. The first kappa shape index (κ1) is 15.2. The van der Waals surface area contributed by atoms with Crippen LogP contribution in [0.5, 0.6) is 0 Å². The van der Waals surface area contributed by atoms with Gasteiger partial charge in [0.1, 0.15) is 0 Å². The molecule has 0 atom stereocenters. The fourth-order valence-corrected chi connectivity index (χ4v) is 3.35. The van der Waals surface area contributed by atoms with E-state index in [0.717, 1.165) is 19.3 Å². The van der Waals surface area contributed by atoms with Gasteiger partial charge >= 0.3 is 0 Å². The summed E-state index contributed by atoms with van der Waals surface area (Å²) in [7, 11) is -3.14. The van der Waals surface area contributed by atoms with E-state index < -0.39 is 10.0 Å². The standard InChI is InChI=1S/C10H22ClNO2S/c1-4-7-10(2,3)12-15(13,14)9-6-5-8-11/h12H,4-9H2,1-3H3. The summed E-state index contributed by atoms with van der Waals surface area (Å²) in [5.74, 6) is 0.695. The maximum Gasteiger partial charge on any atom is 0.212 e. The molecule has 0 fully saturated rings.